The molecule has 0 radical (unpaired) electrons. The molecule has 1 saturated heterocycles. The quantitative estimate of drug-likeness (QED) is 0.850. The molecule has 0 atom stereocenters. The summed E-state index contributed by atoms with van der Waals surface area (Å²) in [5.41, 5.74) is 0.946. The zero-order chi connectivity index (χ0) is 19.3. The van der Waals surface area contributed by atoms with Crippen molar-refractivity contribution >= 4 is 21.6 Å². The number of nitrogens with one attached hydrogen (secondary N) is 1. The predicted molar refractivity (Wildman–Crippen MR) is 105 cm³/mol. The van der Waals surface area contributed by atoms with Crippen LogP contribution in [0.15, 0.2) is 53.4 Å². The molecule has 2 aromatic rings. The van der Waals surface area contributed by atoms with Crippen LogP contribution in [0.1, 0.15) is 36.0 Å². The Morgan fingerprint density at radius 2 is 1.59 bits per heavy atom. The first-order valence-corrected chi connectivity index (χ1v) is 10.5. The Bertz CT molecular complexity index is 886. The Hall–Kier alpha value is -2.38. The van der Waals surface area contributed by atoms with E-state index in [1.165, 1.54) is 19.2 Å². The molecule has 27 heavy (non-hydrogen) atoms. The maximum absolute atomic E-state index is 12.8. The summed E-state index contributed by atoms with van der Waals surface area (Å²) in [6.45, 7) is 1.13. The molecule has 1 amide bonds. The van der Waals surface area contributed by atoms with Crippen LogP contribution in [-0.2, 0) is 10.0 Å². The molecule has 1 aliphatic rings. The van der Waals surface area contributed by atoms with Gasteiger partial charge in [0.1, 0.15) is 5.75 Å². The van der Waals surface area contributed by atoms with E-state index >= 15 is 0 Å². The van der Waals surface area contributed by atoms with Gasteiger partial charge in [0.2, 0.25) is 10.0 Å². The van der Waals surface area contributed by atoms with Crippen LogP contribution in [0.4, 0.5) is 5.69 Å². The van der Waals surface area contributed by atoms with Crippen molar-refractivity contribution in [1.82, 2.24) is 4.31 Å². The van der Waals surface area contributed by atoms with E-state index in [0.29, 0.717) is 30.1 Å². The van der Waals surface area contributed by atoms with Crippen molar-refractivity contribution in [1.29, 1.82) is 0 Å². The maximum atomic E-state index is 12.8. The number of benzene rings is 2. The number of methoxy groups -OCH3 is 1. The molecule has 0 aliphatic carbocycles. The molecule has 0 bridgehead atoms. The van der Waals surface area contributed by atoms with Gasteiger partial charge in [-0.05, 0) is 49.2 Å². The minimum Gasteiger partial charge on any atom is -0.496 e. The monoisotopic (exact) mass is 388 g/mol. The third-order valence-electron chi connectivity index (χ3n) is 4.67. The molecule has 3 rings (SSSR count). The van der Waals surface area contributed by atoms with E-state index in [-0.39, 0.29) is 10.8 Å². The molecule has 1 heterocycles. The summed E-state index contributed by atoms with van der Waals surface area (Å²) in [5, 5.41) is 2.77. The Morgan fingerprint density at radius 3 is 2.22 bits per heavy atom. The van der Waals surface area contributed by atoms with Gasteiger partial charge >= 0.3 is 0 Å². The molecule has 0 aromatic heterocycles. The van der Waals surface area contributed by atoms with Crippen molar-refractivity contribution in [3.63, 3.8) is 0 Å². The van der Waals surface area contributed by atoms with Gasteiger partial charge in [0, 0.05) is 18.8 Å². The van der Waals surface area contributed by atoms with Crippen LogP contribution in [0.3, 0.4) is 0 Å². The van der Waals surface area contributed by atoms with Crippen LogP contribution in [0.5, 0.6) is 5.75 Å². The predicted octanol–water partition coefficient (Wildman–Crippen LogP) is 3.51. The summed E-state index contributed by atoms with van der Waals surface area (Å²) >= 11 is 0. The first-order valence-electron chi connectivity index (χ1n) is 9.07. The van der Waals surface area contributed by atoms with Gasteiger partial charge < -0.3 is 10.1 Å². The maximum Gasteiger partial charge on any atom is 0.259 e. The van der Waals surface area contributed by atoms with Gasteiger partial charge in [-0.2, -0.15) is 4.31 Å². The highest BCUT2D eigenvalue weighted by Gasteiger charge is 2.25. The van der Waals surface area contributed by atoms with Crippen LogP contribution in [-0.4, -0.2) is 38.8 Å². The Morgan fingerprint density at radius 1 is 0.963 bits per heavy atom. The van der Waals surface area contributed by atoms with Gasteiger partial charge in [-0.25, -0.2) is 8.42 Å². The van der Waals surface area contributed by atoms with Crippen LogP contribution in [0.2, 0.25) is 0 Å². The normalized spacial score (nSPS) is 15.7. The zero-order valence-electron chi connectivity index (χ0n) is 15.3. The summed E-state index contributed by atoms with van der Waals surface area (Å²) in [6, 6.07) is 13.2. The fourth-order valence-corrected chi connectivity index (χ4v) is 4.69. The number of ether oxygens (including phenoxy) is 1. The molecule has 2 aromatic carbocycles. The minimum atomic E-state index is -3.49. The van der Waals surface area contributed by atoms with Gasteiger partial charge in [-0.15, -0.1) is 0 Å². The number of sulfonamides is 1. The van der Waals surface area contributed by atoms with Crippen molar-refractivity contribution in [2.75, 3.05) is 25.5 Å². The fraction of sp³-hybridized carbons (Fsp3) is 0.350. The van der Waals surface area contributed by atoms with Gasteiger partial charge in [0.05, 0.1) is 17.6 Å². The number of carbonyl (C=O) groups is 1. The van der Waals surface area contributed by atoms with Crippen LogP contribution < -0.4 is 10.1 Å². The van der Waals surface area contributed by atoms with Crippen molar-refractivity contribution in [2.45, 2.75) is 30.6 Å². The molecule has 7 heteroatoms. The number of carbonyl (C=O) groups excluding carboxylic acids is 1. The van der Waals surface area contributed by atoms with Crippen molar-refractivity contribution in [2.24, 2.45) is 0 Å². The van der Waals surface area contributed by atoms with E-state index in [0.717, 1.165) is 25.7 Å². The van der Waals surface area contributed by atoms with Crippen molar-refractivity contribution in [3.05, 3.63) is 54.1 Å². The van der Waals surface area contributed by atoms with E-state index in [9.17, 15) is 13.2 Å². The first-order chi connectivity index (χ1) is 13.0. The van der Waals surface area contributed by atoms with E-state index < -0.39 is 10.0 Å². The Kier molecular flexibility index (Phi) is 6.13. The van der Waals surface area contributed by atoms with Gasteiger partial charge in [0.15, 0.2) is 0 Å². The van der Waals surface area contributed by atoms with E-state index in [2.05, 4.69) is 5.32 Å². The lowest BCUT2D eigenvalue weighted by molar-refractivity contribution is 0.102. The average Bonchev–Trinajstić information content (AvgIpc) is 2.98. The zero-order valence-corrected chi connectivity index (χ0v) is 16.2. The van der Waals surface area contributed by atoms with Crippen molar-refractivity contribution < 1.29 is 17.9 Å². The van der Waals surface area contributed by atoms with Gasteiger partial charge in [-0.3, -0.25) is 4.79 Å². The molecule has 1 N–H and O–H groups in total. The Labute approximate surface area is 160 Å². The van der Waals surface area contributed by atoms with Crippen LogP contribution in [0, 0.1) is 0 Å². The lowest BCUT2D eigenvalue weighted by atomic mass is 10.2. The summed E-state index contributed by atoms with van der Waals surface area (Å²) < 4.78 is 32.4. The minimum absolute atomic E-state index is 0.250. The molecule has 0 saturated carbocycles. The molecule has 1 aliphatic heterocycles. The number of nitrogens with zero attached hydrogens (tertiary/aromatic N) is 1. The lowest BCUT2D eigenvalue weighted by Crippen LogP contribution is -2.31. The lowest BCUT2D eigenvalue weighted by Gasteiger charge is -2.20. The molecule has 0 spiro atoms. The van der Waals surface area contributed by atoms with Crippen LogP contribution >= 0.6 is 0 Å². The van der Waals surface area contributed by atoms with E-state index in [1.807, 2.05) is 0 Å². The molecule has 144 valence electrons. The van der Waals surface area contributed by atoms with E-state index in [1.54, 1.807) is 40.7 Å². The van der Waals surface area contributed by atoms with Crippen LogP contribution in [0.25, 0.3) is 0 Å². The second kappa shape index (κ2) is 8.54. The highest BCUT2D eigenvalue weighted by atomic mass is 32.2. The smallest absolute Gasteiger partial charge is 0.259 e. The highest BCUT2D eigenvalue weighted by Crippen LogP contribution is 2.23. The number of amides is 1. The third kappa shape index (κ3) is 4.48. The molecule has 6 nitrogen and oxygen atoms in total. The number of hydrogen-bond acceptors (Lipinski definition) is 4. The summed E-state index contributed by atoms with van der Waals surface area (Å²) in [5.74, 6) is 0.172. The standard InChI is InChI=1S/C20H24N2O4S/c1-26-19-9-5-4-8-18(19)20(23)21-16-10-12-17(13-11-16)27(24,25)22-14-6-2-3-7-15-22/h4-5,8-13H,2-3,6-7,14-15H2,1H3,(H,21,23). The van der Waals surface area contributed by atoms with Crippen molar-refractivity contribution in [3.8, 4) is 5.75 Å². The number of anilines is 1. The SMILES string of the molecule is COc1ccccc1C(=O)Nc1ccc(S(=O)(=O)N2CCCCCC2)cc1. The first kappa shape index (κ1) is 19.4. The topological polar surface area (TPSA) is 75.7 Å². The fourth-order valence-electron chi connectivity index (χ4n) is 3.17. The molecular weight excluding hydrogens is 364 g/mol. The van der Waals surface area contributed by atoms with Gasteiger partial charge in [-0.1, -0.05) is 25.0 Å². The Balaban J connectivity index is 1.74. The molecule has 1 fully saturated rings. The average molecular weight is 388 g/mol. The second-order valence-electron chi connectivity index (χ2n) is 6.50. The summed E-state index contributed by atoms with van der Waals surface area (Å²) in [6.07, 6.45) is 3.93. The second-order valence-corrected chi connectivity index (χ2v) is 8.44. The molecular formula is C20H24N2O4S. The number of rotatable bonds is 5. The third-order valence-corrected chi connectivity index (χ3v) is 6.58. The largest absolute Gasteiger partial charge is 0.496 e. The highest BCUT2D eigenvalue weighted by molar-refractivity contribution is 7.89. The summed E-state index contributed by atoms with van der Waals surface area (Å²) in [7, 11) is -1.98. The molecule has 0 unspecified atom stereocenters. The number of para-hydroxylation sites is 1. The number of hydrogen-bond donors (Lipinski definition) is 1. The summed E-state index contributed by atoms with van der Waals surface area (Å²) in [4.78, 5) is 12.7. The van der Waals surface area contributed by atoms with E-state index in [4.69, 9.17) is 4.74 Å². The van der Waals surface area contributed by atoms with Gasteiger partial charge in [0.25, 0.3) is 5.91 Å².